The zero-order valence-electron chi connectivity index (χ0n) is 17.3. The van der Waals surface area contributed by atoms with Crippen molar-refractivity contribution < 1.29 is 17.3 Å². The lowest BCUT2D eigenvalue weighted by Gasteiger charge is -2.38. The normalized spacial score (nSPS) is 38.2. The Labute approximate surface area is 148 Å². The van der Waals surface area contributed by atoms with Crippen LogP contribution in [0.3, 0.4) is 0 Å². The van der Waals surface area contributed by atoms with E-state index in [9.17, 15) is 13.2 Å². The van der Waals surface area contributed by atoms with Gasteiger partial charge in [-0.15, -0.1) is 0 Å². The Morgan fingerprint density at radius 2 is 1.58 bits per heavy atom. The highest BCUT2D eigenvalue weighted by molar-refractivity contribution is 5.23. The van der Waals surface area contributed by atoms with E-state index in [-0.39, 0.29) is 11.5 Å². The van der Waals surface area contributed by atoms with Crippen molar-refractivity contribution >= 4 is 0 Å². The zero-order chi connectivity index (χ0) is 19.8. The summed E-state index contributed by atoms with van der Waals surface area (Å²) < 4.78 is 66.1. The molecular weight excluding hydrogens is 309 g/mol. The SMILES string of the molecule is [2H]C1C[C@H](C2CCC(CCC)CC2)CC([2H])([2H])[C@H]1c1cc(F)c(F)c(F)c1. The molecule has 0 saturated heterocycles. The summed E-state index contributed by atoms with van der Waals surface area (Å²) in [6.07, 6.45) is 5.31. The molecule has 3 atom stereocenters. The van der Waals surface area contributed by atoms with Crippen LogP contribution in [0.15, 0.2) is 12.1 Å². The van der Waals surface area contributed by atoms with Crippen LogP contribution in [0.5, 0.6) is 0 Å². The lowest BCUT2D eigenvalue weighted by atomic mass is 9.68. The van der Waals surface area contributed by atoms with Crippen LogP contribution < -0.4 is 0 Å². The van der Waals surface area contributed by atoms with Crippen LogP contribution in [0.1, 0.15) is 86.7 Å². The molecule has 0 spiro atoms. The highest BCUT2D eigenvalue weighted by Gasteiger charge is 2.31. The highest BCUT2D eigenvalue weighted by atomic mass is 19.2. The van der Waals surface area contributed by atoms with Gasteiger partial charge in [0.25, 0.3) is 0 Å². The van der Waals surface area contributed by atoms with Crippen molar-refractivity contribution in [3.63, 3.8) is 0 Å². The Bertz CT molecular complexity index is 633. The van der Waals surface area contributed by atoms with E-state index in [0.717, 1.165) is 30.9 Å². The third kappa shape index (κ3) is 3.97. The molecule has 134 valence electrons. The van der Waals surface area contributed by atoms with Gasteiger partial charge in [-0.05, 0) is 79.8 Å². The Morgan fingerprint density at radius 3 is 2.17 bits per heavy atom. The van der Waals surface area contributed by atoms with Gasteiger partial charge in [-0.2, -0.15) is 0 Å². The van der Waals surface area contributed by atoms with Crippen molar-refractivity contribution in [2.24, 2.45) is 17.8 Å². The lowest BCUT2D eigenvalue weighted by molar-refractivity contribution is 0.156. The van der Waals surface area contributed by atoms with Crippen molar-refractivity contribution in [1.82, 2.24) is 0 Å². The minimum Gasteiger partial charge on any atom is -0.204 e. The quantitative estimate of drug-likeness (QED) is 0.518. The molecule has 2 aliphatic carbocycles. The van der Waals surface area contributed by atoms with Crippen LogP contribution in [0.25, 0.3) is 0 Å². The van der Waals surface area contributed by atoms with E-state index in [4.69, 9.17) is 4.11 Å². The summed E-state index contributed by atoms with van der Waals surface area (Å²) in [6, 6.07) is 1.72. The second-order valence-corrected chi connectivity index (χ2v) is 7.49. The first-order chi connectivity index (χ1) is 12.7. The average Bonchev–Trinajstić information content (AvgIpc) is 2.59. The molecule has 0 radical (unpaired) electrons. The molecule has 1 unspecified atom stereocenters. The molecule has 0 heterocycles. The van der Waals surface area contributed by atoms with Gasteiger partial charge in [-0.1, -0.05) is 32.6 Å². The topological polar surface area (TPSA) is 0 Å². The number of benzene rings is 1. The first-order valence-electron chi connectivity index (χ1n) is 10.9. The Kier molecular flexibility index (Phi) is 4.69. The van der Waals surface area contributed by atoms with Gasteiger partial charge in [0.15, 0.2) is 17.5 Å². The Balaban J connectivity index is 1.74. The molecule has 24 heavy (non-hydrogen) atoms. The fraction of sp³-hybridized carbons (Fsp3) is 0.714. The minimum absolute atomic E-state index is 0.0569. The summed E-state index contributed by atoms with van der Waals surface area (Å²) in [5, 5.41) is 0. The zero-order valence-corrected chi connectivity index (χ0v) is 14.3. The van der Waals surface area contributed by atoms with E-state index in [2.05, 4.69) is 6.92 Å². The van der Waals surface area contributed by atoms with Crippen molar-refractivity contribution in [3.05, 3.63) is 35.1 Å². The van der Waals surface area contributed by atoms with Crippen molar-refractivity contribution in [1.29, 1.82) is 0 Å². The van der Waals surface area contributed by atoms with E-state index in [1.54, 1.807) is 0 Å². The molecule has 2 saturated carbocycles. The summed E-state index contributed by atoms with van der Waals surface area (Å²) in [7, 11) is 0. The first-order valence-corrected chi connectivity index (χ1v) is 9.29. The van der Waals surface area contributed by atoms with Crippen LogP contribution in [0.2, 0.25) is 0 Å². The summed E-state index contributed by atoms with van der Waals surface area (Å²) in [5.74, 6) is -3.77. The largest absolute Gasteiger partial charge is 0.204 e. The molecule has 3 heteroatoms. The number of hydrogen-bond acceptors (Lipinski definition) is 0. The third-order valence-corrected chi connectivity index (χ3v) is 5.89. The maximum absolute atomic E-state index is 13.6. The van der Waals surface area contributed by atoms with Gasteiger partial charge in [0.2, 0.25) is 0 Å². The first kappa shape index (κ1) is 14.2. The van der Waals surface area contributed by atoms with Crippen LogP contribution in [-0.2, 0) is 0 Å². The fourth-order valence-corrected chi connectivity index (χ4v) is 4.48. The number of rotatable bonds is 4. The maximum Gasteiger partial charge on any atom is 0.194 e. The number of halogens is 3. The fourth-order valence-electron chi connectivity index (χ4n) is 4.48. The minimum atomic E-state index is -1.73. The molecule has 1 aromatic carbocycles. The van der Waals surface area contributed by atoms with Crippen LogP contribution in [0, 0.1) is 35.2 Å². The van der Waals surface area contributed by atoms with Gasteiger partial charge in [0.1, 0.15) is 0 Å². The molecule has 2 aliphatic rings. The van der Waals surface area contributed by atoms with E-state index >= 15 is 0 Å². The molecule has 0 N–H and O–H groups in total. The molecule has 0 bridgehead atoms. The predicted octanol–water partition coefficient (Wildman–Crippen LogP) is 6.98. The predicted molar refractivity (Wildman–Crippen MR) is 91.4 cm³/mol. The van der Waals surface area contributed by atoms with E-state index in [1.165, 1.54) is 25.7 Å². The van der Waals surface area contributed by atoms with Gasteiger partial charge in [-0.25, -0.2) is 13.2 Å². The second kappa shape index (κ2) is 7.93. The Hall–Kier alpha value is -0.990. The molecule has 0 aromatic heterocycles. The van der Waals surface area contributed by atoms with Gasteiger partial charge in [-0.3, -0.25) is 0 Å². The molecule has 2 fully saturated rings. The highest BCUT2D eigenvalue weighted by Crippen LogP contribution is 2.44. The van der Waals surface area contributed by atoms with Gasteiger partial charge in [0, 0.05) is 4.11 Å². The van der Waals surface area contributed by atoms with Gasteiger partial charge in [0.05, 0.1) is 0 Å². The molecule has 0 amide bonds. The van der Waals surface area contributed by atoms with E-state index < -0.39 is 36.1 Å². The summed E-state index contributed by atoms with van der Waals surface area (Å²) in [4.78, 5) is 0. The molecule has 1 aromatic rings. The van der Waals surface area contributed by atoms with Crippen LogP contribution >= 0.6 is 0 Å². The van der Waals surface area contributed by atoms with Crippen molar-refractivity contribution in [3.8, 4) is 0 Å². The van der Waals surface area contributed by atoms with E-state index in [0.29, 0.717) is 18.8 Å². The summed E-state index contributed by atoms with van der Waals surface area (Å²) in [6.45, 7) is 2.20. The van der Waals surface area contributed by atoms with E-state index in [1.807, 2.05) is 0 Å². The summed E-state index contributed by atoms with van der Waals surface area (Å²) in [5.41, 5.74) is 0.0569. The smallest absolute Gasteiger partial charge is 0.194 e. The maximum atomic E-state index is 13.6. The Morgan fingerprint density at radius 1 is 0.958 bits per heavy atom. The standard InChI is InChI=1S/C21H29F3/c1-2-3-14-4-6-15(7-5-14)16-8-10-17(11-9-16)18-12-19(22)21(24)20(23)13-18/h12-17H,2-11H2,1H3/t14?,15?,16-,17-/i10D,11D2/t10?,14?,15?,16-,17-/m0/s1. The monoisotopic (exact) mass is 341 g/mol. The van der Waals surface area contributed by atoms with Crippen LogP contribution in [0.4, 0.5) is 13.2 Å². The molecule has 0 aliphatic heterocycles. The molecule has 0 nitrogen and oxygen atoms in total. The van der Waals surface area contributed by atoms with Crippen LogP contribution in [-0.4, -0.2) is 0 Å². The lowest BCUT2D eigenvalue weighted by Crippen LogP contribution is -2.25. The van der Waals surface area contributed by atoms with Gasteiger partial charge >= 0.3 is 0 Å². The van der Waals surface area contributed by atoms with Crippen molar-refractivity contribution in [2.75, 3.05) is 0 Å². The third-order valence-electron chi connectivity index (χ3n) is 5.89. The summed E-state index contributed by atoms with van der Waals surface area (Å²) >= 11 is 0. The molecular formula is C21H29F3. The number of hydrogen-bond donors (Lipinski definition) is 0. The van der Waals surface area contributed by atoms with Crippen molar-refractivity contribution in [2.45, 2.75) is 77.0 Å². The van der Waals surface area contributed by atoms with Gasteiger partial charge < -0.3 is 0 Å². The molecule has 3 rings (SSSR count). The second-order valence-electron chi connectivity index (χ2n) is 7.49. The average molecular weight is 341 g/mol.